The van der Waals surface area contributed by atoms with E-state index in [4.69, 9.17) is 0 Å². The Morgan fingerprint density at radius 3 is 1.67 bits per heavy atom. The minimum absolute atomic E-state index is 0.783. The summed E-state index contributed by atoms with van der Waals surface area (Å²) in [7, 11) is 0. The molecule has 0 aliphatic heterocycles. The molecular formula is C16H28N2. The van der Waals surface area contributed by atoms with Crippen LogP contribution in [0.2, 0.25) is 0 Å². The third-order valence-electron chi connectivity index (χ3n) is 1.34. The molecular weight excluding hydrogens is 220 g/mol. The molecule has 2 nitrogen and oxygen atoms in total. The van der Waals surface area contributed by atoms with Crippen LogP contribution in [0.1, 0.15) is 51.7 Å². The topological polar surface area (TPSA) is 25.8 Å². The number of nitrogens with zero attached hydrogens (tertiary/aromatic N) is 2. The minimum Gasteiger partial charge on any atom is -0.253 e. The second-order valence-electron chi connectivity index (χ2n) is 2.60. The molecule has 1 aromatic heterocycles. The van der Waals surface area contributed by atoms with E-state index in [0.717, 1.165) is 17.1 Å². The largest absolute Gasteiger partial charge is 0.253 e. The number of hydrogen-bond donors (Lipinski definition) is 0. The Morgan fingerprint density at radius 1 is 0.944 bits per heavy atom. The summed E-state index contributed by atoms with van der Waals surface area (Å²) >= 11 is 0. The first kappa shape index (κ1) is 21.6. The van der Waals surface area contributed by atoms with Crippen molar-refractivity contribution in [3.63, 3.8) is 0 Å². The van der Waals surface area contributed by atoms with Gasteiger partial charge in [-0.1, -0.05) is 46.9 Å². The smallest absolute Gasteiger partial charge is 0.0883 e. The van der Waals surface area contributed by atoms with Crippen molar-refractivity contribution in [1.29, 1.82) is 0 Å². The summed E-state index contributed by atoms with van der Waals surface area (Å²) in [6, 6.07) is 0. The maximum atomic E-state index is 4.21. The molecule has 18 heavy (non-hydrogen) atoms. The highest BCUT2D eigenvalue weighted by Gasteiger charge is 1.96. The Morgan fingerprint density at radius 2 is 1.33 bits per heavy atom. The molecule has 1 rings (SSSR count). The molecule has 0 bridgehead atoms. The molecule has 0 amide bonds. The molecule has 0 radical (unpaired) electrons. The van der Waals surface area contributed by atoms with E-state index >= 15 is 0 Å². The van der Waals surface area contributed by atoms with Crippen LogP contribution >= 0.6 is 0 Å². The highest BCUT2D eigenvalue weighted by molar-refractivity contribution is 5.56. The van der Waals surface area contributed by atoms with E-state index in [1.807, 2.05) is 41.5 Å². The van der Waals surface area contributed by atoms with Gasteiger partial charge in [0.15, 0.2) is 0 Å². The van der Waals surface area contributed by atoms with E-state index in [-0.39, 0.29) is 0 Å². The second-order valence-corrected chi connectivity index (χ2v) is 2.60. The minimum atomic E-state index is 0.783. The molecule has 0 saturated carbocycles. The number of rotatable bonds is 2. The summed E-state index contributed by atoms with van der Waals surface area (Å²) in [5, 5.41) is 0. The third-order valence-corrected chi connectivity index (χ3v) is 1.34. The lowest BCUT2D eigenvalue weighted by Crippen LogP contribution is -1.92. The Balaban J connectivity index is -0.000000274. The van der Waals surface area contributed by atoms with Crippen molar-refractivity contribution < 1.29 is 0 Å². The fourth-order valence-electron chi connectivity index (χ4n) is 0.813. The predicted molar refractivity (Wildman–Crippen MR) is 85.5 cm³/mol. The molecule has 0 unspecified atom stereocenters. The molecule has 0 N–H and O–H groups in total. The lowest BCUT2D eigenvalue weighted by molar-refractivity contribution is 1.09. The maximum absolute atomic E-state index is 4.21. The van der Waals surface area contributed by atoms with Crippen LogP contribution < -0.4 is 0 Å². The van der Waals surface area contributed by atoms with Crippen LogP contribution in [0.4, 0.5) is 0 Å². The van der Waals surface area contributed by atoms with Gasteiger partial charge in [-0.25, -0.2) is 4.98 Å². The monoisotopic (exact) mass is 248 g/mol. The molecule has 0 saturated heterocycles. The van der Waals surface area contributed by atoms with Crippen LogP contribution in [0.5, 0.6) is 0 Å². The Bertz CT molecular complexity index is 328. The second kappa shape index (κ2) is 17.7. The summed E-state index contributed by atoms with van der Waals surface area (Å²) in [5.74, 6) is 0. The van der Waals surface area contributed by atoms with Gasteiger partial charge in [0.25, 0.3) is 0 Å². The van der Waals surface area contributed by atoms with Crippen LogP contribution in [-0.4, -0.2) is 9.97 Å². The van der Waals surface area contributed by atoms with Gasteiger partial charge in [0, 0.05) is 6.20 Å². The van der Waals surface area contributed by atoms with E-state index in [9.17, 15) is 0 Å². The van der Waals surface area contributed by atoms with Gasteiger partial charge in [-0.05, 0) is 26.0 Å². The average Bonchev–Trinajstić information content (AvgIpc) is 2.44. The van der Waals surface area contributed by atoms with Gasteiger partial charge in [0.1, 0.15) is 0 Å². The summed E-state index contributed by atoms with van der Waals surface area (Å²) in [5.41, 5.74) is 2.47. The predicted octanol–water partition coefficient (Wildman–Crippen LogP) is 5.32. The molecule has 1 aromatic rings. The molecule has 0 atom stereocenters. The summed E-state index contributed by atoms with van der Waals surface area (Å²) < 4.78 is 0. The van der Waals surface area contributed by atoms with E-state index in [0.29, 0.717) is 0 Å². The quantitative estimate of drug-likeness (QED) is 0.662. The highest BCUT2D eigenvalue weighted by atomic mass is 14.8. The van der Waals surface area contributed by atoms with Gasteiger partial charge < -0.3 is 0 Å². The summed E-state index contributed by atoms with van der Waals surface area (Å²) in [4.78, 5) is 8.33. The molecule has 0 aliphatic rings. The van der Waals surface area contributed by atoms with Crippen molar-refractivity contribution in [3.05, 3.63) is 49.1 Å². The van der Waals surface area contributed by atoms with Crippen molar-refractivity contribution in [2.75, 3.05) is 0 Å². The standard InChI is InChI=1S/C9H10N2.C3H6.2C2H6/c1-4-8-9(5-2)11-7(3)6-10-8;1-3-2;2*1-2/h4-6H,1-2H2,3H3;3H,1H2,2H3;2*1-2H3. The van der Waals surface area contributed by atoms with E-state index in [1.165, 1.54) is 0 Å². The van der Waals surface area contributed by atoms with E-state index in [1.54, 1.807) is 24.4 Å². The molecule has 2 heteroatoms. The van der Waals surface area contributed by atoms with Gasteiger partial charge in [-0.2, -0.15) is 0 Å². The molecule has 0 spiro atoms. The molecule has 0 aromatic carbocycles. The highest BCUT2D eigenvalue weighted by Crippen LogP contribution is 2.05. The van der Waals surface area contributed by atoms with Crippen molar-refractivity contribution in [2.24, 2.45) is 0 Å². The van der Waals surface area contributed by atoms with E-state index < -0.39 is 0 Å². The first-order valence-corrected chi connectivity index (χ1v) is 6.35. The van der Waals surface area contributed by atoms with Crippen LogP contribution in [-0.2, 0) is 0 Å². The molecule has 0 aliphatic carbocycles. The molecule has 1 heterocycles. The molecule has 102 valence electrons. The van der Waals surface area contributed by atoms with Crippen LogP contribution in [0, 0.1) is 6.92 Å². The zero-order chi connectivity index (χ0) is 15.0. The average molecular weight is 248 g/mol. The Kier molecular flexibility index (Phi) is 21.2. The van der Waals surface area contributed by atoms with Crippen LogP contribution in [0.3, 0.4) is 0 Å². The zero-order valence-electron chi connectivity index (χ0n) is 12.8. The summed E-state index contributed by atoms with van der Waals surface area (Å²) in [6.07, 6.45) is 6.81. The Hall–Kier alpha value is -1.70. The Labute approximate surface area is 113 Å². The first-order valence-electron chi connectivity index (χ1n) is 6.35. The van der Waals surface area contributed by atoms with Crippen LogP contribution in [0.25, 0.3) is 12.2 Å². The van der Waals surface area contributed by atoms with Gasteiger partial charge >= 0.3 is 0 Å². The van der Waals surface area contributed by atoms with Gasteiger partial charge in [0.2, 0.25) is 0 Å². The SMILES string of the molecule is C=CC.C=Cc1ncc(C)nc1C=C.CC.CC. The van der Waals surface area contributed by atoms with Gasteiger partial charge in [-0.3, -0.25) is 4.98 Å². The van der Waals surface area contributed by atoms with Crippen molar-refractivity contribution in [3.8, 4) is 0 Å². The number of aryl methyl sites for hydroxylation is 1. The number of aromatic nitrogens is 2. The first-order chi connectivity index (χ1) is 8.69. The lowest BCUT2D eigenvalue weighted by atomic mass is 10.3. The third kappa shape index (κ3) is 10.8. The summed E-state index contributed by atoms with van der Waals surface area (Å²) in [6.45, 7) is 22.4. The van der Waals surface area contributed by atoms with Crippen molar-refractivity contribution >= 4 is 12.2 Å². The fraction of sp³-hybridized carbons (Fsp3) is 0.375. The zero-order valence-corrected chi connectivity index (χ0v) is 12.8. The maximum Gasteiger partial charge on any atom is 0.0883 e. The van der Waals surface area contributed by atoms with Crippen molar-refractivity contribution in [1.82, 2.24) is 9.97 Å². The van der Waals surface area contributed by atoms with E-state index in [2.05, 4.69) is 29.7 Å². The van der Waals surface area contributed by atoms with Crippen LogP contribution in [0.15, 0.2) is 32.0 Å². The molecule has 0 fully saturated rings. The van der Waals surface area contributed by atoms with Gasteiger partial charge in [0.05, 0.1) is 17.1 Å². The number of hydrogen-bond acceptors (Lipinski definition) is 2. The normalized spacial score (nSPS) is 7.00. The van der Waals surface area contributed by atoms with Gasteiger partial charge in [-0.15, -0.1) is 6.58 Å². The van der Waals surface area contributed by atoms with Crippen molar-refractivity contribution in [2.45, 2.75) is 41.5 Å². The number of allylic oxidation sites excluding steroid dienone is 1. The lowest BCUT2D eigenvalue weighted by Gasteiger charge is -1.98. The fourth-order valence-corrected chi connectivity index (χ4v) is 0.813.